The molecule has 0 aliphatic carbocycles. The van der Waals surface area contributed by atoms with Gasteiger partial charge in [0.25, 0.3) is 0 Å². The fourth-order valence-electron chi connectivity index (χ4n) is 8.77. The molecule has 0 N–H and O–H groups in total. The SMILES string of the molecule is Fc1c(F)c(F)c(-c2c(F)c(F)c(F)c(F)c2F)c(F)c1F.Fc1c(F)c(F)c(-c2c(F)c(F)c(F)c(F)c2F)c(F)c1F.Fc1c(F)c(F)c(-c2c(F)c(F)c(F)c(F)c2F)c(F)c1F.Fc1c(F)c(F)c(-c2c(F)c(F)c(F)c(F)c2F)c(F)c1F.c1ccc(P(c2ccccc2)c2ccccc2)cc1. The van der Waals surface area contributed by atoms with Crippen molar-refractivity contribution in [1.29, 1.82) is 0 Å². The summed E-state index contributed by atoms with van der Waals surface area (Å²) in [6.45, 7) is 0. The Morgan fingerprint density at radius 1 is 0.103 bits per heavy atom. The van der Waals surface area contributed by atoms with Crippen molar-refractivity contribution in [3.8, 4) is 44.5 Å². The predicted octanol–water partition coefficient (Wildman–Crippen LogP) is 22.4. The van der Waals surface area contributed by atoms with Crippen LogP contribution in [0.4, 0.5) is 176 Å². The van der Waals surface area contributed by atoms with E-state index in [1.807, 2.05) is 0 Å². The number of rotatable bonds is 7. The third kappa shape index (κ3) is 15.2. The zero-order valence-corrected chi connectivity index (χ0v) is 50.6. The maximum atomic E-state index is 13.4. The van der Waals surface area contributed by atoms with E-state index in [-0.39, 0.29) is 0 Å². The molecule has 0 bridgehead atoms. The molecule has 0 spiro atoms. The van der Waals surface area contributed by atoms with E-state index in [0.29, 0.717) is 0 Å². The second-order valence-corrected chi connectivity index (χ2v) is 22.1. The smallest absolute Gasteiger partial charge is 0.200 e. The summed E-state index contributed by atoms with van der Waals surface area (Å²) in [5.74, 6) is -107. The van der Waals surface area contributed by atoms with Crippen molar-refractivity contribution >= 4 is 23.8 Å². The first kappa shape index (κ1) is 83.3. The monoisotopic (exact) mass is 1600 g/mol. The second kappa shape index (κ2) is 32.8. The molecule has 0 heterocycles. The Bertz CT molecular complexity index is 4210. The largest absolute Gasteiger partial charge is 0.203 e. The molecule has 0 unspecified atom stereocenters. The molecule has 0 aromatic heterocycles. The zero-order valence-electron chi connectivity index (χ0n) is 49.7. The lowest BCUT2D eigenvalue weighted by molar-refractivity contribution is 0.370. The van der Waals surface area contributed by atoms with Crippen LogP contribution < -0.4 is 15.9 Å². The number of hydrogen-bond donors (Lipinski definition) is 0. The van der Waals surface area contributed by atoms with Crippen LogP contribution >= 0.6 is 7.92 Å². The van der Waals surface area contributed by atoms with Gasteiger partial charge in [0.2, 0.25) is 46.5 Å². The van der Waals surface area contributed by atoms with E-state index >= 15 is 0 Å². The van der Waals surface area contributed by atoms with Crippen molar-refractivity contribution in [2.45, 2.75) is 0 Å². The third-order valence-corrected chi connectivity index (χ3v) is 16.2. The number of benzene rings is 11. The predicted molar refractivity (Wildman–Crippen MR) is 291 cm³/mol. The Balaban J connectivity index is 0.000000187. The third-order valence-electron chi connectivity index (χ3n) is 13.7. The van der Waals surface area contributed by atoms with Gasteiger partial charge in [-0.15, -0.1) is 0 Å². The molecular formula is C66H15F40P. The van der Waals surface area contributed by atoms with Gasteiger partial charge in [-0.3, -0.25) is 0 Å². The molecule has 0 radical (unpaired) electrons. The minimum absolute atomic E-state index is 0.446. The summed E-state index contributed by atoms with van der Waals surface area (Å²) in [4.78, 5) is 0. The number of halogens is 40. The quantitative estimate of drug-likeness (QED) is 0.0646. The highest BCUT2D eigenvalue weighted by Crippen LogP contribution is 2.43. The minimum atomic E-state index is -2.68. The van der Waals surface area contributed by atoms with Crippen LogP contribution in [-0.4, -0.2) is 0 Å². The number of hydrogen-bond acceptors (Lipinski definition) is 0. The van der Waals surface area contributed by atoms with Gasteiger partial charge in [0, 0.05) is 0 Å². The molecule has 0 nitrogen and oxygen atoms in total. The van der Waals surface area contributed by atoms with Crippen LogP contribution in [0, 0.1) is 233 Å². The molecule has 0 atom stereocenters. The molecule has 0 fully saturated rings. The van der Waals surface area contributed by atoms with Gasteiger partial charge in [-0.25, -0.2) is 176 Å². The first-order valence-electron chi connectivity index (χ1n) is 27.0. The van der Waals surface area contributed by atoms with E-state index in [2.05, 4.69) is 91.0 Å². The maximum Gasteiger partial charge on any atom is 0.200 e. The second-order valence-electron chi connectivity index (χ2n) is 19.9. The van der Waals surface area contributed by atoms with Crippen molar-refractivity contribution in [2.75, 3.05) is 0 Å². The van der Waals surface area contributed by atoms with Crippen molar-refractivity contribution in [2.24, 2.45) is 0 Å². The van der Waals surface area contributed by atoms with Crippen LogP contribution in [-0.2, 0) is 0 Å². The lowest BCUT2D eigenvalue weighted by Gasteiger charge is -2.18. The normalized spacial score (nSPS) is 11.1. The molecule has 41 heteroatoms. The van der Waals surface area contributed by atoms with Gasteiger partial charge >= 0.3 is 0 Å². The van der Waals surface area contributed by atoms with Crippen molar-refractivity contribution < 1.29 is 176 Å². The van der Waals surface area contributed by atoms with Gasteiger partial charge in [0.1, 0.15) is 0 Å². The van der Waals surface area contributed by atoms with E-state index in [1.165, 1.54) is 15.9 Å². The zero-order chi connectivity index (χ0) is 80.6. The first-order chi connectivity index (χ1) is 49.9. The topological polar surface area (TPSA) is 0 Å². The Hall–Kier alpha value is -11.0. The summed E-state index contributed by atoms with van der Waals surface area (Å²) in [7, 11) is -0.446. The lowest BCUT2D eigenvalue weighted by Crippen LogP contribution is -2.20. The van der Waals surface area contributed by atoms with Gasteiger partial charge < -0.3 is 0 Å². The molecule has 11 rings (SSSR count). The van der Waals surface area contributed by atoms with E-state index in [4.69, 9.17) is 0 Å². The van der Waals surface area contributed by atoms with Gasteiger partial charge in [-0.1, -0.05) is 91.0 Å². The van der Waals surface area contributed by atoms with Crippen molar-refractivity contribution in [3.05, 3.63) is 324 Å². The Labute approximate surface area is 566 Å². The average Bonchev–Trinajstić information content (AvgIpc) is 0.766. The summed E-state index contributed by atoms with van der Waals surface area (Å²) in [5.41, 5.74) is -18.1. The van der Waals surface area contributed by atoms with E-state index in [0.717, 1.165) is 0 Å². The molecule has 0 aliphatic heterocycles. The molecular weight excluding hydrogens is 1580 g/mol. The summed E-state index contributed by atoms with van der Waals surface area (Å²) in [6.07, 6.45) is 0. The van der Waals surface area contributed by atoms with E-state index in [9.17, 15) is 176 Å². The molecule has 0 aliphatic rings. The first-order valence-corrected chi connectivity index (χ1v) is 28.3. The van der Waals surface area contributed by atoms with E-state index in [1.54, 1.807) is 0 Å². The molecule has 0 saturated heterocycles. The molecule has 564 valence electrons. The maximum absolute atomic E-state index is 13.4. The Kier molecular flexibility index (Phi) is 25.6. The fraction of sp³-hybridized carbons (Fsp3) is 0. The average molecular weight is 1600 g/mol. The Morgan fingerprint density at radius 2 is 0.178 bits per heavy atom. The van der Waals surface area contributed by atoms with Crippen molar-refractivity contribution in [1.82, 2.24) is 0 Å². The molecule has 0 saturated carbocycles. The molecule has 107 heavy (non-hydrogen) atoms. The Morgan fingerprint density at radius 3 is 0.262 bits per heavy atom. The summed E-state index contributed by atoms with van der Waals surface area (Å²) in [5, 5.41) is 4.19. The van der Waals surface area contributed by atoms with Crippen LogP contribution in [0.25, 0.3) is 44.5 Å². The molecule has 11 aromatic rings. The molecule has 11 aromatic carbocycles. The van der Waals surface area contributed by atoms with Gasteiger partial charge in [0.15, 0.2) is 186 Å². The summed E-state index contributed by atoms with van der Waals surface area (Å²) < 4.78 is 525. The van der Waals surface area contributed by atoms with Crippen LogP contribution in [0.3, 0.4) is 0 Å². The van der Waals surface area contributed by atoms with Gasteiger partial charge in [0.05, 0.1) is 44.5 Å². The summed E-state index contributed by atoms with van der Waals surface area (Å²) in [6, 6.07) is 32.3. The summed E-state index contributed by atoms with van der Waals surface area (Å²) >= 11 is 0. The van der Waals surface area contributed by atoms with Crippen LogP contribution in [0.5, 0.6) is 0 Å². The van der Waals surface area contributed by atoms with Gasteiger partial charge in [-0.05, 0) is 23.8 Å². The van der Waals surface area contributed by atoms with Crippen LogP contribution in [0.2, 0.25) is 0 Å². The standard InChI is InChI=1S/C18H15P.4C12F10/c1-4-10-16(11-5-1)19(17-12-6-2-7-13-17)18-14-8-3-9-15-18;4*13-3-1(4(14)8(18)11(21)7(3)17)2-5(15)9(19)12(22)10(20)6(2)16/h1-15H;;;;. The molecule has 0 amide bonds. The fourth-order valence-corrected chi connectivity index (χ4v) is 11.1. The van der Waals surface area contributed by atoms with Crippen LogP contribution in [0.15, 0.2) is 91.0 Å². The van der Waals surface area contributed by atoms with E-state index < -0.39 is 285 Å². The van der Waals surface area contributed by atoms with Crippen molar-refractivity contribution in [3.63, 3.8) is 0 Å². The highest BCUT2D eigenvalue weighted by Gasteiger charge is 2.40. The highest BCUT2D eigenvalue weighted by molar-refractivity contribution is 7.79. The lowest BCUT2D eigenvalue weighted by atomic mass is 10.0. The highest BCUT2D eigenvalue weighted by atomic mass is 31.1. The minimum Gasteiger partial charge on any atom is -0.203 e. The van der Waals surface area contributed by atoms with Gasteiger partial charge in [-0.2, -0.15) is 0 Å². The van der Waals surface area contributed by atoms with Crippen LogP contribution in [0.1, 0.15) is 0 Å².